The molecule has 6 heteroatoms. The highest BCUT2D eigenvalue weighted by molar-refractivity contribution is 6.03. The van der Waals surface area contributed by atoms with Crippen LogP contribution in [0.25, 0.3) is 0 Å². The summed E-state index contributed by atoms with van der Waals surface area (Å²) in [5.74, 6) is -0.0117. The van der Waals surface area contributed by atoms with Gasteiger partial charge in [0.1, 0.15) is 6.61 Å². The molecule has 2 aromatic carbocycles. The Balaban J connectivity index is 2.35. The first-order valence-electron chi connectivity index (χ1n) is 8.96. The third-order valence-corrected chi connectivity index (χ3v) is 4.29. The molecule has 1 N–H and O–H groups in total. The van der Waals surface area contributed by atoms with Crippen LogP contribution in [0, 0.1) is 12.3 Å². The van der Waals surface area contributed by atoms with Crippen molar-refractivity contribution in [3.05, 3.63) is 53.1 Å². The summed E-state index contributed by atoms with van der Waals surface area (Å²) in [5, 5.41) is 2.79. The Morgan fingerprint density at radius 2 is 1.61 bits per heavy atom. The first kappa shape index (κ1) is 21.3. The minimum absolute atomic E-state index is 0.131. The topological polar surface area (TPSA) is 73.9 Å². The van der Waals surface area contributed by atoms with Crippen molar-refractivity contribution in [2.24, 2.45) is 5.41 Å². The average molecular weight is 385 g/mol. The smallest absolute Gasteiger partial charge is 0.340 e. The highest BCUT2D eigenvalue weighted by atomic mass is 16.5. The van der Waals surface area contributed by atoms with Gasteiger partial charge in [0.2, 0.25) is 5.91 Å². The molecule has 0 saturated carbocycles. The Hall–Kier alpha value is -3.02. The van der Waals surface area contributed by atoms with E-state index in [2.05, 4.69) is 5.32 Å². The molecule has 0 atom stereocenters. The van der Waals surface area contributed by atoms with Gasteiger partial charge in [-0.1, -0.05) is 45.0 Å². The van der Waals surface area contributed by atoms with Gasteiger partial charge in [-0.25, -0.2) is 4.79 Å². The third kappa shape index (κ3) is 5.03. The van der Waals surface area contributed by atoms with Crippen LogP contribution in [0.2, 0.25) is 0 Å². The summed E-state index contributed by atoms with van der Waals surface area (Å²) >= 11 is 0. The van der Waals surface area contributed by atoms with Crippen molar-refractivity contribution >= 4 is 17.6 Å². The Morgan fingerprint density at radius 3 is 2.18 bits per heavy atom. The number of aryl methyl sites for hydroxylation is 1. The van der Waals surface area contributed by atoms with Gasteiger partial charge in [0.05, 0.1) is 25.5 Å². The van der Waals surface area contributed by atoms with Gasteiger partial charge in [-0.05, 0) is 18.1 Å². The largest absolute Gasteiger partial charge is 0.493 e. The predicted molar refractivity (Wildman–Crippen MR) is 108 cm³/mol. The van der Waals surface area contributed by atoms with Crippen LogP contribution in [-0.2, 0) is 16.1 Å². The van der Waals surface area contributed by atoms with E-state index in [1.54, 1.807) is 26.8 Å². The number of nitrogens with one attached hydrogen (secondary N) is 1. The van der Waals surface area contributed by atoms with Crippen LogP contribution in [0.4, 0.5) is 5.69 Å². The van der Waals surface area contributed by atoms with Gasteiger partial charge in [-0.2, -0.15) is 0 Å². The van der Waals surface area contributed by atoms with Crippen molar-refractivity contribution in [3.8, 4) is 11.5 Å². The second kappa shape index (κ2) is 8.78. The SMILES string of the molecule is COc1cc(NC(=O)C(C)(C)C)c(C(=O)OCc2ccccc2C)cc1OC. The van der Waals surface area contributed by atoms with Crippen LogP contribution >= 0.6 is 0 Å². The molecule has 1 amide bonds. The Kier molecular flexibility index (Phi) is 6.67. The Bertz CT molecular complexity index is 868. The molecule has 0 spiro atoms. The number of benzene rings is 2. The van der Waals surface area contributed by atoms with E-state index in [1.165, 1.54) is 20.3 Å². The standard InChI is InChI=1S/C22H27NO5/c1-14-9-7-8-10-15(14)13-28-20(24)16-11-18(26-5)19(27-6)12-17(16)23-21(25)22(2,3)4/h7-12H,13H2,1-6H3,(H,23,25). The molecule has 150 valence electrons. The van der Waals surface area contributed by atoms with Crippen LogP contribution in [-0.4, -0.2) is 26.1 Å². The number of rotatable bonds is 6. The molecular weight excluding hydrogens is 358 g/mol. The quantitative estimate of drug-likeness (QED) is 0.748. The zero-order chi connectivity index (χ0) is 20.9. The number of esters is 1. The zero-order valence-corrected chi connectivity index (χ0v) is 17.2. The summed E-state index contributed by atoms with van der Waals surface area (Å²) < 4.78 is 16.1. The highest BCUT2D eigenvalue weighted by Gasteiger charge is 2.25. The summed E-state index contributed by atoms with van der Waals surface area (Å²) in [7, 11) is 2.97. The summed E-state index contributed by atoms with van der Waals surface area (Å²) in [6.07, 6.45) is 0. The Labute approximate surface area is 165 Å². The first-order chi connectivity index (χ1) is 13.2. The molecule has 0 aliphatic rings. The number of amides is 1. The number of methoxy groups -OCH3 is 2. The van der Waals surface area contributed by atoms with E-state index in [4.69, 9.17) is 14.2 Å². The minimum Gasteiger partial charge on any atom is -0.493 e. The van der Waals surface area contributed by atoms with Crippen molar-refractivity contribution in [1.82, 2.24) is 0 Å². The monoisotopic (exact) mass is 385 g/mol. The summed E-state index contributed by atoms with van der Waals surface area (Å²) in [4.78, 5) is 25.2. The molecule has 0 fully saturated rings. The van der Waals surface area contributed by atoms with E-state index in [9.17, 15) is 9.59 Å². The normalized spacial score (nSPS) is 10.9. The van der Waals surface area contributed by atoms with Crippen LogP contribution in [0.15, 0.2) is 36.4 Å². The van der Waals surface area contributed by atoms with Crippen LogP contribution in [0.5, 0.6) is 11.5 Å². The molecule has 2 aromatic rings. The minimum atomic E-state index is -0.629. The van der Waals surface area contributed by atoms with Gasteiger partial charge in [-0.3, -0.25) is 4.79 Å². The maximum atomic E-state index is 12.8. The predicted octanol–water partition coefficient (Wildman–Crippen LogP) is 4.35. The molecule has 0 heterocycles. The summed E-state index contributed by atoms with van der Waals surface area (Å²) in [6.45, 7) is 7.46. The van der Waals surface area contributed by atoms with E-state index in [0.717, 1.165) is 11.1 Å². The second-order valence-electron chi connectivity index (χ2n) is 7.46. The van der Waals surface area contributed by atoms with E-state index in [0.29, 0.717) is 17.2 Å². The van der Waals surface area contributed by atoms with Crippen LogP contribution < -0.4 is 14.8 Å². The van der Waals surface area contributed by atoms with Gasteiger partial charge in [0.15, 0.2) is 11.5 Å². The lowest BCUT2D eigenvalue weighted by molar-refractivity contribution is -0.123. The van der Waals surface area contributed by atoms with Crippen molar-refractivity contribution in [3.63, 3.8) is 0 Å². The number of hydrogen-bond acceptors (Lipinski definition) is 5. The van der Waals surface area contributed by atoms with E-state index < -0.39 is 11.4 Å². The van der Waals surface area contributed by atoms with Crippen molar-refractivity contribution in [2.75, 3.05) is 19.5 Å². The maximum Gasteiger partial charge on any atom is 0.340 e. The Morgan fingerprint density at radius 1 is 1.00 bits per heavy atom. The summed E-state index contributed by atoms with van der Waals surface area (Å²) in [5.41, 5.74) is 1.83. The maximum absolute atomic E-state index is 12.8. The summed E-state index contributed by atoms with van der Waals surface area (Å²) in [6, 6.07) is 10.7. The molecular formula is C22H27NO5. The molecule has 0 unspecified atom stereocenters. The average Bonchev–Trinajstić information content (AvgIpc) is 2.65. The first-order valence-corrected chi connectivity index (χ1v) is 8.96. The number of carbonyl (C=O) groups is 2. The molecule has 6 nitrogen and oxygen atoms in total. The molecule has 0 bridgehead atoms. The molecule has 0 radical (unpaired) electrons. The van der Waals surface area contributed by atoms with Gasteiger partial charge in [-0.15, -0.1) is 0 Å². The molecule has 0 aliphatic carbocycles. The van der Waals surface area contributed by atoms with Gasteiger partial charge >= 0.3 is 5.97 Å². The third-order valence-electron chi connectivity index (χ3n) is 4.29. The number of carbonyl (C=O) groups excluding carboxylic acids is 2. The molecule has 0 aromatic heterocycles. The van der Waals surface area contributed by atoms with Gasteiger partial charge < -0.3 is 19.5 Å². The van der Waals surface area contributed by atoms with Gasteiger partial charge in [0, 0.05) is 17.5 Å². The van der Waals surface area contributed by atoms with Crippen molar-refractivity contribution in [2.45, 2.75) is 34.3 Å². The molecule has 2 rings (SSSR count). The van der Waals surface area contributed by atoms with Gasteiger partial charge in [0.25, 0.3) is 0 Å². The highest BCUT2D eigenvalue weighted by Crippen LogP contribution is 2.34. The van der Waals surface area contributed by atoms with E-state index in [1.807, 2.05) is 31.2 Å². The lowest BCUT2D eigenvalue weighted by atomic mass is 9.95. The fourth-order valence-electron chi connectivity index (χ4n) is 2.45. The lowest BCUT2D eigenvalue weighted by Crippen LogP contribution is -2.28. The lowest BCUT2D eigenvalue weighted by Gasteiger charge is -2.20. The van der Waals surface area contributed by atoms with E-state index >= 15 is 0 Å². The van der Waals surface area contributed by atoms with Crippen molar-refractivity contribution in [1.29, 1.82) is 0 Å². The van der Waals surface area contributed by atoms with Crippen LogP contribution in [0.1, 0.15) is 42.3 Å². The van der Waals surface area contributed by atoms with Crippen molar-refractivity contribution < 1.29 is 23.8 Å². The molecule has 28 heavy (non-hydrogen) atoms. The van der Waals surface area contributed by atoms with E-state index in [-0.39, 0.29) is 18.1 Å². The fraction of sp³-hybridized carbons (Fsp3) is 0.364. The number of anilines is 1. The zero-order valence-electron chi connectivity index (χ0n) is 17.2. The second-order valence-corrected chi connectivity index (χ2v) is 7.46. The molecule has 0 aliphatic heterocycles. The number of hydrogen-bond donors (Lipinski definition) is 1. The fourth-order valence-corrected chi connectivity index (χ4v) is 2.45. The van der Waals surface area contributed by atoms with Crippen LogP contribution in [0.3, 0.4) is 0 Å². The number of ether oxygens (including phenoxy) is 3. The molecule has 0 saturated heterocycles.